The van der Waals surface area contributed by atoms with Crippen molar-refractivity contribution >= 4 is 16.9 Å². The Morgan fingerprint density at radius 3 is 2.38 bits per heavy atom. The van der Waals surface area contributed by atoms with Crippen molar-refractivity contribution in [3.8, 4) is 5.75 Å². The van der Waals surface area contributed by atoms with E-state index in [2.05, 4.69) is 10.8 Å². The largest absolute Gasteiger partial charge is 0.740 e. The van der Waals surface area contributed by atoms with Gasteiger partial charge < -0.3 is 8.74 Å². The Balaban J connectivity index is 2.81. The summed E-state index contributed by atoms with van der Waals surface area (Å²) in [7, 11) is 0. The fourth-order valence-corrected chi connectivity index (χ4v) is 1.14. The van der Waals surface area contributed by atoms with Gasteiger partial charge >= 0.3 is 0 Å². The van der Waals surface area contributed by atoms with Gasteiger partial charge in [0, 0.05) is 0 Å². The smallest absolute Gasteiger partial charge is 0.139 e. The van der Waals surface area contributed by atoms with Crippen LogP contribution >= 0.6 is 0 Å². The summed E-state index contributed by atoms with van der Waals surface area (Å²) < 4.78 is 24.7. The zero-order chi connectivity index (χ0) is 9.84. The molecule has 13 heavy (non-hydrogen) atoms. The maximum atomic E-state index is 10.1. The lowest BCUT2D eigenvalue weighted by Crippen LogP contribution is -1.97. The molecule has 3 nitrogen and oxygen atoms in total. The molecule has 0 aliphatic heterocycles. The molecule has 0 aromatic heterocycles. The summed E-state index contributed by atoms with van der Waals surface area (Å²) >= 11 is -2.51. The van der Waals surface area contributed by atoms with E-state index >= 15 is 0 Å². The summed E-state index contributed by atoms with van der Waals surface area (Å²) in [6, 6.07) is 6.68. The molecule has 4 heteroatoms. The second kappa shape index (κ2) is 4.20. The molecular weight excluding hydrogens is 188 g/mol. The predicted octanol–water partition coefficient (Wildman–Crippen LogP) is 1.89. The predicted molar refractivity (Wildman–Crippen MR) is 50.7 cm³/mol. The summed E-state index contributed by atoms with van der Waals surface area (Å²) in [5, 5.41) is 0. The molecule has 0 saturated heterocycles. The average Bonchev–Trinajstić information content (AvgIpc) is 2.04. The SMILES string of the molecule is C=C(C)c1ccc(OS(=O)[O-])cc1. The Labute approximate surface area is 79.5 Å². The van der Waals surface area contributed by atoms with Gasteiger partial charge in [-0.05, 0) is 24.6 Å². The van der Waals surface area contributed by atoms with Gasteiger partial charge in [0.2, 0.25) is 0 Å². The van der Waals surface area contributed by atoms with Crippen LogP contribution in [0.15, 0.2) is 30.8 Å². The zero-order valence-electron chi connectivity index (χ0n) is 7.15. The highest BCUT2D eigenvalue weighted by Crippen LogP contribution is 2.17. The lowest BCUT2D eigenvalue weighted by Gasteiger charge is -2.07. The third-order valence-corrected chi connectivity index (χ3v) is 1.84. The molecule has 0 aliphatic rings. The molecule has 1 rings (SSSR count). The van der Waals surface area contributed by atoms with Gasteiger partial charge in [0.1, 0.15) is 17.1 Å². The van der Waals surface area contributed by atoms with Gasteiger partial charge in [-0.3, -0.25) is 0 Å². The second-order valence-electron chi connectivity index (χ2n) is 2.59. The summed E-state index contributed by atoms with van der Waals surface area (Å²) in [4.78, 5) is 0. The second-order valence-corrected chi connectivity index (χ2v) is 3.17. The lowest BCUT2D eigenvalue weighted by atomic mass is 10.1. The first-order chi connectivity index (χ1) is 6.09. The maximum absolute atomic E-state index is 10.1. The van der Waals surface area contributed by atoms with Crippen LogP contribution < -0.4 is 4.18 Å². The molecule has 0 spiro atoms. The molecule has 0 radical (unpaired) electrons. The molecule has 0 bridgehead atoms. The van der Waals surface area contributed by atoms with Crippen LogP contribution in [-0.2, 0) is 11.4 Å². The van der Waals surface area contributed by atoms with E-state index in [0.29, 0.717) is 5.75 Å². The van der Waals surface area contributed by atoms with E-state index in [1.807, 2.05) is 6.92 Å². The van der Waals surface area contributed by atoms with E-state index in [-0.39, 0.29) is 0 Å². The van der Waals surface area contributed by atoms with Crippen LogP contribution in [0.3, 0.4) is 0 Å². The zero-order valence-corrected chi connectivity index (χ0v) is 7.97. The standard InChI is InChI=1S/C9H10O3S/c1-7(2)8-3-5-9(6-4-8)12-13(10)11/h3-6H,1H2,2H3,(H,10,11)/p-1. The normalized spacial score (nSPS) is 12.2. The Bertz CT molecular complexity index is 329. The highest BCUT2D eigenvalue weighted by Gasteiger charge is 1.95. The molecule has 0 aliphatic carbocycles. The first-order valence-corrected chi connectivity index (χ1v) is 4.63. The molecule has 0 amide bonds. The molecular formula is C9H9O3S-. The molecule has 0 heterocycles. The highest BCUT2D eigenvalue weighted by molar-refractivity contribution is 7.74. The van der Waals surface area contributed by atoms with Crippen molar-refractivity contribution in [2.24, 2.45) is 0 Å². The monoisotopic (exact) mass is 197 g/mol. The van der Waals surface area contributed by atoms with Gasteiger partial charge in [-0.25, -0.2) is 4.21 Å². The first kappa shape index (κ1) is 9.95. The Hall–Kier alpha value is -1.13. The minimum atomic E-state index is -2.51. The summed E-state index contributed by atoms with van der Waals surface area (Å²) in [6.07, 6.45) is 0. The van der Waals surface area contributed by atoms with Crippen LogP contribution in [0.4, 0.5) is 0 Å². The fraction of sp³-hybridized carbons (Fsp3) is 0.111. The average molecular weight is 197 g/mol. The van der Waals surface area contributed by atoms with Crippen LogP contribution in [0, 0.1) is 0 Å². The van der Waals surface area contributed by atoms with Crippen LogP contribution in [0.5, 0.6) is 5.75 Å². The summed E-state index contributed by atoms with van der Waals surface area (Å²) in [6.45, 7) is 5.63. The maximum Gasteiger partial charge on any atom is 0.139 e. The summed E-state index contributed by atoms with van der Waals surface area (Å²) in [5.41, 5.74) is 1.89. The van der Waals surface area contributed by atoms with Crippen LogP contribution in [0.2, 0.25) is 0 Å². The van der Waals surface area contributed by atoms with Crippen molar-refractivity contribution in [1.82, 2.24) is 0 Å². The van der Waals surface area contributed by atoms with E-state index in [0.717, 1.165) is 11.1 Å². The Morgan fingerprint density at radius 1 is 1.46 bits per heavy atom. The van der Waals surface area contributed by atoms with E-state index in [1.54, 1.807) is 24.3 Å². The van der Waals surface area contributed by atoms with Crippen molar-refractivity contribution < 1.29 is 12.9 Å². The fourth-order valence-electron chi connectivity index (χ4n) is 0.874. The van der Waals surface area contributed by atoms with Gasteiger partial charge in [0.15, 0.2) is 0 Å². The number of rotatable bonds is 3. The van der Waals surface area contributed by atoms with E-state index in [9.17, 15) is 8.76 Å². The number of benzene rings is 1. The van der Waals surface area contributed by atoms with Crippen LogP contribution in [0.1, 0.15) is 12.5 Å². The van der Waals surface area contributed by atoms with Crippen molar-refractivity contribution in [2.75, 3.05) is 0 Å². The molecule has 0 fully saturated rings. The molecule has 1 unspecified atom stereocenters. The van der Waals surface area contributed by atoms with Gasteiger partial charge in [0.25, 0.3) is 0 Å². The van der Waals surface area contributed by atoms with Crippen molar-refractivity contribution in [1.29, 1.82) is 0 Å². The van der Waals surface area contributed by atoms with Crippen molar-refractivity contribution in [2.45, 2.75) is 6.92 Å². The molecule has 0 saturated carbocycles. The van der Waals surface area contributed by atoms with Gasteiger partial charge in [0.05, 0.1) is 0 Å². The lowest BCUT2D eigenvalue weighted by molar-refractivity contribution is 0.440. The minimum Gasteiger partial charge on any atom is -0.740 e. The third kappa shape index (κ3) is 3.01. The van der Waals surface area contributed by atoms with Gasteiger partial charge in [-0.15, -0.1) is 0 Å². The van der Waals surface area contributed by atoms with Gasteiger partial charge in [-0.1, -0.05) is 24.3 Å². The third-order valence-electron chi connectivity index (χ3n) is 1.51. The van der Waals surface area contributed by atoms with E-state index < -0.39 is 11.4 Å². The molecule has 0 N–H and O–H groups in total. The van der Waals surface area contributed by atoms with Crippen LogP contribution in [0.25, 0.3) is 5.57 Å². The van der Waals surface area contributed by atoms with E-state index in [1.165, 1.54) is 0 Å². The molecule has 70 valence electrons. The number of hydrogen-bond acceptors (Lipinski definition) is 3. The minimum absolute atomic E-state index is 0.304. The number of hydrogen-bond donors (Lipinski definition) is 0. The summed E-state index contributed by atoms with van der Waals surface area (Å²) in [5.74, 6) is 0.304. The Kier molecular flexibility index (Phi) is 3.22. The Morgan fingerprint density at radius 2 is 2.00 bits per heavy atom. The topological polar surface area (TPSA) is 49.4 Å². The molecule has 1 aromatic rings. The highest BCUT2D eigenvalue weighted by atomic mass is 32.2. The van der Waals surface area contributed by atoms with Crippen LogP contribution in [-0.4, -0.2) is 8.76 Å². The van der Waals surface area contributed by atoms with Gasteiger partial charge in [-0.2, -0.15) is 0 Å². The quantitative estimate of drug-likeness (QED) is 0.695. The first-order valence-electron chi connectivity index (χ1n) is 3.63. The van der Waals surface area contributed by atoms with E-state index in [4.69, 9.17) is 0 Å². The number of allylic oxidation sites excluding steroid dienone is 1. The molecule has 1 atom stereocenters. The van der Waals surface area contributed by atoms with Crippen molar-refractivity contribution in [3.05, 3.63) is 36.4 Å². The van der Waals surface area contributed by atoms with Crippen molar-refractivity contribution in [3.63, 3.8) is 0 Å². The molecule has 1 aromatic carbocycles.